The highest BCUT2D eigenvalue weighted by atomic mass is 35.5. The molecule has 25 heavy (non-hydrogen) atoms. The molecule has 1 fully saturated rings. The first kappa shape index (κ1) is 17.3. The number of halogens is 2. The second-order valence-electron chi connectivity index (χ2n) is 5.33. The van der Waals surface area contributed by atoms with E-state index in [1.54, 1.807) is 42.5 Å². The molecule has 0 spiro atoms. The maximum Gasteiger partial charge on any atom is 0.332 e. The van der Waals surface area contributed by atoms with Gasteiger partial charge in [-0.2, -0.15) is 0 Å². The number of para-hydroxylation sites is 2. The average Bonchev–Trinajstić information content (AvgIpc) is 2.87. The molecule has 4 amide bonds. The molecule has 0 aromatic heterocycles. The predicted octanol–water partition coefficient (Wildman–Crippen LogP) is 3.40. The third-order valence-electron chi connectivity index (χ3n) is 3.65. The lowest BCUT2D eigenvalue weighted by molar-refractivity contribution is -0.128. The second-order valence-corrected chi connectivity index (χ2v) is 6.14. The molecule has 0 unspecified atom stereocenters. The first-order valence-corrected chi connectivity index (χ1v) is 8.13. The predicted molar refractivity (Wildman–Crippen MR) is 96.0 cm³/mol. The molecule has 1 N–H and O–H groups in total. The van der Waals surface area contributed by atoms with Crippen molar-refractivity contribution < 1.29 is 14.4 Å². The lowest BCUT2D eigenvalue weighted by atomic mass is 10.3. The summed E-state index contributed by atoms with van der Waals surface area (Å²) in [6, 6.07) is 13.0. The number of imide groups is 1. The summed E-state index contributed by atoms with van der Waals surface area (Å²) in [6.45, 7) is -0.522. The lowest BCUT2D eigenvalue weighted by Crippen LogP contribution is -2.39. The van der Waals surface area contributed by atoms with Crippen LogP contribution >= 0.6 is 23.2 Å². The van der Waals surface area contributed by atoms with Gasteiger partial charge in [-0.05, 0) is 24.3 Å². The lowest BCUT2D eigenvalue weighted by Gasteiger charge is -2.17. The Morgan fingerprint density at radius 1 is 1.00 bits per heavy atom. The number of rotatable bonds is 4. The molecule has 1 heterocycles. The van der Waals surface area contributed by atoms with Crippen LogP contribution in [-0.2, 0) is 9.59 Å². The Bertz CT molecular complexity index is 822. The summed E-state index contributed by atoms with van der Waals surface area (Å²) in [4.78, 5) is 39.0. The van der Waals surface area contributed by atoms with Gasteiger partial charge in [0, 0.05) is 5.69 Å². The van der Waals surface area contributed by atoms with Gasteiger partial charge in [-0.3, -0.25) is 19.4 Å². The van der Waals surface area contributed by atoms with Crippen LogP contribution in [0.5, 0.6) is 0 Å². The molecule has 0 atom stereocenters. The Morgan fingerprint density at radius 2 is 1.64 bits per heavy atom. The highest BCUT2D eigenvalue weighted by molar-refractivity contribution is 6.39. The van der Waals surface area contributed by atoms with E-state index in [0.29, 0.717) is 5.69 Å². The summed E-state index contributed by atoms with van der Waals surface area (Å²) in [6.07, 6.45) is 0. The van der Waals surface area contributed by atoms with Crippen LogP contribution in [0.15, 0.2) is 48.5 Å². The first-order valence-electron chi connectivity index (χ1n) is 7.38. The molecule has 0 aliphatic carbocycles. The summed E-state index contributed by atoms with van der Waals surface area (Å²) >= 11 is 12.0. The molecule has 6 nitrogen and oxygen atoms in total. The van der Waals surface area contributed by atoms with E-state index < -0.39 is 24.4 Å². The zero-order valence-corrected chi connectivity index (χ0v) is 14.4. The SMILES string of the molecule is O=C(CN1C(=O)CN(c2ccccc2)C1=O)Nc1c(Cl)cccc1Cl. The van der Waals surface area contributed by atoms with Gasteiger partial charge >= 0.3 is 6.03 Å². The molecule has 3 rings (SSSR count). The Morgan fingerprint density at radius 3 is 2.28 bits per heavy atom. The van der Waals surface area contributed by atoms with Crippen molar-refractivity contribution in [3.63, 3.8) is 0 Å². The number of hydrogen-bond donors (Lipinski definition) is 1. The van der Waals surface area contributed by atoms with Crippen LogP contribution in [0, 0.1) is 0 Å². The van der Waals surface area contributed by atoms with Gasteiger partial charge in [-0.1, -0.05) is 47.5 Å². The van der Waals surface area contributed by atoms with Crippen molar-refractivity contribution in [2.24, 2.45) is 0 Å². The normalized spacial score (nSPS) is 14.2. The molecule has 2 aromatic rings. The van der Waals surface area contributed by atoms with Crippen molar-refractivity contribution in [3.8, 4) is 0 Å². The monoisotopic (exact) mass is 377 g/mol. The number of carbonyl (C=O) groups excluding carboxylic acids is 3. The number of benzene rings is 2. The van der Waals surface area contributed by atoms with Gasteiger partial charge in [-0.25, -0.2) is 4.79 Å². The standard InChI is InChI=1S/C17H13Cl2N3O3/c18-12-7-4-8-13(19)16(12)20-14(23)9-22-15(24)10-21(17(22)25)11-5-2-1-3-6-11/h1-8H,9-10H2,(H,20,23). The second kappa shape index (κ2) is 7.13. The van der Waals surface area contributed by atoms with E-state index in [-0.39, 0.29) is 22.3 Å². The molecular weight excluding hydrogens is 365 g/mol. The molecule has 1 aliphatic heterocycles. The fraction of sp³-hybridized carbons (Fsp3) is 0.118. The van der Waals surface area contributed by atoms with Crippen molar-refractivity contribution in [1.82, 2.24) is 4.90 Å². The number of hydrogen-bond acceptors (Lipinski definition) is 3. The number of urea groups is 1. The van der Waals surface area contributed by atoms with Crippen LogP contribution < -0.4 is 10.2 Å². The smallest absolute Gasteiger partial charge is 0.322 e. The number of anilines is 2. The van der Waals surface area contributed by atoms with Gasteiger partial charge in [0.25, 0.3) is 5.91 Å². The van der Waals surface area contributed by atoms with Crippen LogP contribution in [0.1, 0.15) is 0 Å². The third kappa shape index (κ3) is 3.60. The number of nitrogens with zero attached hydrogens (tertiary/aromatic N) is 2. The van der Waals surface area contributed by atoms with Crippen molar-refractivity contribution in [1.29, 1.82) is 0 Å². The van der Waals surface area contributed by atoms with Crippen LogP contribution in [-0.4, -0.2) is 35.8 Å². The minimum atomic E-state index is -0.563. The maximum absolute atomic E-state index is 12.4. The Kier molecular flexibility index (Phi) is 4.92. The Labute approximate surface area is 153 Å². The van der Waals surface area contributed by atoms with Gasteiger partial charge in [0.15, 0.2) is 0 Å². The zero-order valence-electron chi connectivity index (χ0n) is 12.9. The molecule has 128 valence electrons. The molecular formula is C17H13Cl2N3O3. The summed E-state index contributed by atoms with van der Waals surface area (Å²) in [5.74, 6) is -1.01. The average molecular weight is 378 g/mol. The molecule has 0 saturated carbocycles. The van der Waals surface area contributed by atoms with Crippen LogP contribution in [0.25, 0.3) is 0 Å². The highest BCUT2D eigenvalue weighted by Gasteiger charge is 2.37. The third-order valence-corrected chi connectivity index (χ3v) is 4.28. The van der Waals surface area contributed by atoms with Crippen molar-refractivity contribution in [3.05, 3.63) is 58.6 Å². The molecule has 0 radical (unpaired) electrons. The minimum Gasteiger partial charge on any atom is -0.322 e. The van der Waals surface area contributed by atoms with E-state index in [0.717, 1.165) is 4.90 Å². The van der Waals surface area contributed by atoms with Crippen molar-refractivity contribution in [2.75, 3.05) is 23.3 Å². The number of amides is 4. The van der Waals surface area contributed by atoms with E-state index >= 15 is 0 Å². The zero-order chi connectivity index (χ0) is 18.0. The van der Waals surface area contributed by atoms with Crippen LogP contribution in [0.4, 0.5) is 16.2 Å². The van der Waals surface area contributed by atoms with Gasteiger partial charge < -0.3 is 5.32 Å². The maximum atomic E-state index is 12.4. The fourth-order valence-corrected chi connectivity index (χ4v) is 2.94. The van der Waals surface area contributed by atoms with Gasteiger partial charge in [0.2, 0.25) is 5.91 Å². The Hall–Kier alpha value is -2.57. The number of nitrogens with one attached hydrogen (secondary N) is 1. The molecule has 1 saturated heterocycles. The summed E-state index contributed by atoms with van der Waals surface area (Å²) in [5, 5.41) is 3.07. The van der Waals surface area contributed by atoms with Crippen LogP contribution in [0.2, 0.25) is 10.0 Å². The van der Waals surface area contributed by atoms with E-state index in [2.05, 4.69) is 5.32 Å². The quantitative estimate of drug-likeness (QED) is 0.830. The van der Waals surface area contributed by atoms with E-state index in [1.165, 1.54) is 4.90 Å². The minimum absolute atomic E-state index is 0.108. The highest BCUT2D eigenvalue weighted by Crippen LogP contribution is 2.30. The van der Waals surface area contributed by atoms with Gasteiger partial charge in [0.05, 0.1) is 15.7 Å². The van der Waals surface area contributed by atoms with E-state index in [4.69, 9.17) is 23.2 Å². The van der Waals surface area contributed by atoms with Crippen LogP contribution in [0.3, 0.4) is 0 Å². The van der Waals surface area contributed by atoms with Gasteiger partial charge in [-0.15, -0.1) is 0 Å². The number of carbonyl (C=O) groups is 3. The van der Waals surface area contributed by atoms with Gasteiger partial charge in [0.1, 0.15) is 13.1 Å². The van der Waals surface area contributed by atoms with Crippen molar-refractivity contribution in [2.45, 2.75) is 0 Å². The molecule has 8 heteroatoms. The molecule has 0 bridgehead atoms. The largest absolute Gasteiger partial charge is 0.332 e. The molecule has 2 aromatic carbocycles. The Balaban J connectivity index is 1.71. The van der Waals surface area contributed by atoms with E-state index in [1.807, 2.05) is 6.07 Å². The fourth-order valence-electron chi connectivity index (χ4n) is 2.45. The summed E-state index contributed by atoms with van der Waals surface area (Å²) < 4.78 is 0. The summed E-state index contributed by atoms with van der Waals surface area (Å²) in [7, 11) is 0. The van der Waals surface area contributed by atoms with Crippen molar-refractivity contribution >= 4 is 52.4 Å². The van der Waals surface area contributed by atoms with E-state index in [9.17, 15) is 14.4 Å². The first-order chi connectivity index (χ1) is 12.0. The topological polar surface area (TPSA) is 69.7 Å². The molecule has 1 aliphatic rings. The summed E-state index contributed by atoms with van der Waals surface area (Å²) in [5.41, 5.74) is 0.841.